The molecule has 0 heterocycles. The second kappa shape index (κ2) is 11.5. The molecule has 7 heteroatoms. The van der Waals surface area contributed by atoms with Crippen molar-refractivity contribution in [2.24, 2.45) is 11.7 Å². The Hall–Kier alpha value is -2.93. The van der Waals surface area contributed by atoms with E-state index in [0.29, 0.717) is 6.42 Å². The molecule has 2 aromatic carbocycles. The van der Waals surface area contributed by atoms with Crippen LogP contribution in [-0.4, -0.2) is 41.0 Å². The summed E-state index contributed by atoms with van der Waals surface area (Å²) in [5, 5.41) is 17.0. The van der Waals surface area contributed by atoms with Crippen LogP contribution in [0.15, 0.2) is 42.5 Å². The van der Waals surface area contributed by atoms with E-state index in [4.69, 9.17) is 5.73 Å². The molecule has 31 heavy (non-hydrogen) atoms. The normalized spacial score (nSPS) is 14.1. The Balaban J connectivity index is 2.09. The highest BCUT2D eigenvalue weighted by Crippen LogP contribution is 2.17. The van der Waals surface area contributed by atoms with Gasteiger partial charge >= 0.3 is 5.97 Å². The lowest BCUT2D eigenvalue weighted by Crippen LogP contribution is -2.56. The van der Waals surface area contributed by atoms with E-state index >= 15 is 0 Å². The second-order valence-electron chi connectivity index (χ2n) is 8.26. The van der Waals surface area contributed by atoms with Crippen LogP contribution in [0.1, 0.15) is 45.6 Å². The predicted octanol–water partition coefficient (Wildman–Crippen LogP) is 2.61. The number of rotatable bonds is 11. The minimum absolute atomic E-state index is 0.140. The van der Waals surface area contributed by atoms with Crippen LogP contribution in [0.3, 0.4) is 0 Å². The number of amides is 2. The van der Waals surface area contributed by atoms with E-state index in [2.05, 4.69) is 10.6 Å². The zero-order chi connectivity index (χ0) is 23.0. The van der Waals surface area contributed by atoms with Gasteiger partial charge in [0.05, 0.1) is 6.04 Å². The lowest BCUT2D eigenvalue weighted by Gasteiger charge is -2.25. The van der Waals surface area contributed by atoms with Crippen LogP contribution >= 0.6 is 0 Å². The number of aliphatic carboxylic acids is 1. The fourth-order valence-electron chi connectivity index (χ4n) is 3.41. The summed E-state index contributed by atoms with van der Waals surface area (Å²) in [5.41, 5.74) is 6.71. The van der Waals surface area contributed by atoms with Gasteiger partial charge in [0.25, 0.3) is 0 Å². The molecule has 0 aliphatic carbocycles. The lowest BCUT2D eigenvalue weighted by molar-refractivity contribution is -0.142. The third kappa shape index (κ3) is 7.07. The molecule has 7 nitrogen and oxygen atoms in total. The summed E-state index contributed by atoms with van der Waals surface area (Å²) in [5.74, 6) is -2.28. The molecule has 5 N–H and O–H groups in total. The van der Waals surface area contributed by atoms with Crippen molar-refractivity contribution in [2.45, 2.75) is 64.6 Å². The average molecular weight is 428 g/mol. The molecule has 2 amide bonds. The Labute approximate surface area is 183 Å². The van der Waals surface area contributed by atoms with Crippen molar-refractivity contribution in [3.63, 3.8) is 0 Å². The Morgan fingerprint density at radius 1 is 1.00 bits per heavy atom. The Morgan fingerprint density at radius 3 is 2.29 bits per heavy atom. The van der Waals surface area contributed by atoms with Crippen LogP contribution in [0.25, 0.3) is 10.8 Å². The minimum Gasteiger partial charge on any atom is -0.480 e. The van der Waals surface area contributed by atoms with Gasteiger partial charge in [0, 0.05) is 6.42 Å². The Bertz CT molecular complexity index is 913. The number of hydrogen-bond acceptors (Lipinski definition) is 4. The molecule has 3 atom stereocenters. The molecule has 0 aromatic heterocycles. The monoisotopic (exact) mass is 427 g/mol. The maximum absolute atomic E-state index is 12.8. The minimum atomic E-state index is -1.13. The van der Waals surface area contributed by atoms with Crippen molar-refractivity contribution in [3.8, 4) is 0 Å². The molecular formula is C24H33N3O4. The number of benzene rings is 2. The van der Waals surface area contributed by atoms with Gasteiger partial charge in [0.1, 0.15) is 12.1 Å². The third-order valence-electron chi connectivity index (χ3n) is 5.32. The average Bonchev–Trinajstić information content (AvgIpc) is 2.74. The number of hydrogen-bond donors (Lipinski definition) is 4. The van der Waals surface area contributed by atoms with Gasteiger partial charge < -0.3 is 21.5 Å². The molecule has 0 saturated carbocycles. The molecule has 0 unspecified atom stereocenters. The highest BCUT2D eigenvalue weighted by Gasteiger charge is 2.30. The van der Waals surface area contributed by atoms with E-state index in [1.807, 2.05) is 49.4 Å². The molecule has 0 saturated heterocycles. The predicted molar refractivity (Wildman–Crippen MR) is 121 cm³/mol. The number of nitrogens with one attached hydrogen (secondary N) is 2. The summed E-state index contributed by atoms with van der Waals surface area (Å²) < 4.78 is 0. The topological polar surface area (TPSA) is 122 Å². The highest BCUT2D eigenvalue weighted by molar-refractivity contribution is 5.92. The van der Waals surface area contributed by atoms with Crippen LogP contribution in [0.5, 0.6) is 0 Å². The summed E-state index contributed by atoms with van der Waals surface area (Å²) in [4.78, 5) is 37.0. The van der Waals surface area contributed by atoms with Gasteiger partial charge in [-0.3, -0.25) is 9.59 Å². The maximum atomic E-state index is 12.8. The highest BCUT2D eigenvalue weighted by atomic mass is 16.4. The number of carboxylic acid groups (broad SMARTS) is 1. The van der Waals surface area contributed by atoms with Crippen molar-refractivity contribution in [1.29, 1.82) is 0 Å². The van der Waals surface area contributed by atoms with Gasteiger partial charge in [-0.1, -0.05) is 76.1 Å². The molecular weight excluding hydrogens is 394 g/mol. The van der Waals surface area contributed by atoms with Gasteiger partial charge in [-0.15, -0.1) is 0 Å². The number of carbonyl (C=O) groups excluding carboxylic acids is 2. The first-order chi connectivity index (χ1) is 14.7. The van der Waals surface area contributed by atoms with Gasteiger partial charge in [0.15, 0.2) is 0 Å². The number of carbonyl (C=O) groups is 3. The number of carboxylic acids is 1. The summed E-state index contributed by atoms with van der Waals surface area (Å²) in [7, 11) is 0. The first kappa shape index (κ1) is 24.3. The molecule has 0 radical (unpaired) electrons. The third-order valence-corrected chi connectivity index (χ3v) is 5.32. The van der Waals surface area contributed by atoms with Crippen molar-refractivity contribution in [1.82, 2.24) is 10.6 Å². The van der Waals surface area contributed by atoms with Crippen LogP contribution in [-0.2, 0) is 20.8 Å². The summed E-state index contributed by atoms with van der Waals surface area (Å²) in [6, 6.07) is 10.8. The Morgan fingerprint density at radius 2 is 1.68 bits per heavy atom. The van der Waals surface area contributed by atoms with Crippen molar-refractivity contribution >= 4 is 28.6 Å². The van der Waals surface area contributed by atoms with E-state index in [-0.39, 0.29) is 12.3 Å². The fourth-order valence-corrected chi connectivity index (χ4v) is 3.41. The lowest BCUT2D eigenvalue weighted by atomic mass is 9.99. The zero-order valence-electron chi connectivity index (χ0n) is 18.4. The van der Waals surface area contributed by atoms with Gasteiger partial charge in [-0.2, -0.15) is 0 Å². The van der Waals surface area contributed by atoms with Gasteiger partial charge in [-0.05, 0) is 28.7 Å². The van der Waals surface area contributed by atoms with E-state index in [1.54, 1.807) is 13.8 Å². The SMILES string of the molecule is CCCC[C@H](N)C(=O)N[C@H](C(=O)N[C@H](Cc1ccc2ccccc2c1)C(=O)O)C(C)C. The van der Waals surface area contributed by atoms with Crippen molar-refractivity contribution in [2.75, 3.05) is 0 Å². The molecule has 2 aromatic rings. The van der Waals surface area contributed by atoms with Crippen LogP contribution in [0.2, 0.25) is 0 Å². The molecule has 0 bridgehead atoms. The van der Waals surface area contributed by atoms with E-state index < -0.39 is 35.9 Å². The molecule has 2 rings (SSSR count). The summed E-state index contributed by atoms with van der Waals surface area (Å²) >= 11 is 0. The first-order valence-electron chi connectivity index (χ1n) is 10.8. The number of nitrogens with two attached hydrogens (primary N) is 1. The largest absolute Gasteiger partial charge is 0.480 e. The quantitative estimate of drug-likeness (QED) is 0.439. The molecule has 168 valence electrons. The standard InChI is InChI=1S/C24H33N3O4/c1-4-5-10-19(25)22(28)27-21(15(2)3)23(29)26-20(24(30)31)14-16-11-12-17-8-6-7-9-18(17)13-16/h6-9,11-13,15,19-21H,4-5,10,14,25H2,1-3H3,(H,26,29)(H,27,28)(H,30,31)/t19-,20+,21-/m0/s1. The Kier molecular flexibility index (Phi) is 9.00. The fraction of sp³-hybridized carbons (Fsp3) is 0.458. The number of unbranched alkanes of at least 4 members (excludes halogenated alkanes) is 1. The van der Waals surface area contributed by atoms with E-state index in [1.165, 1.54) is 0 Å². The van der Waals surface area contributed by atoms with E-state index in [9.17, 15) is 19.5 Å². The zero-order valence-corrected chi connectivity index (χ0v) is 18.4. The molecule has 0 fully saturated rings. The van der Waals surface area contributed by atoms with Crippen molar-refractivity contribution in [3.05, 3.63) is 48.0 Å². The number of fused-ring (bicyclic) bond motifs is 1. The first-order valence-corrected chi connectivity index (χ1v) is 10.8. The maximum Gasteiger partial charge on any atom is 0.326 e. The molecule has 0 spiro atoms. The van der Waals surface area contributed by atoms with Crippen molar-refractivity contribution < 1.29 is 19.5 Å². The van der Waals surface area contributed by atoms with Crippen LogP contribution < -0.4 is 16.4 Å². The summed E-state index contributed by atoms with van der Waals surface area (Å²) in [6.07, 6.45) is 2.42. The van der Waals surface area contributed by atoms with E-state index in [0.717, 1.165) is 29.2 Å². The van der Waals surface area contributed by atoms with Crippen LogP contribution in [0.4, 0.5) is 0 Å². The second-order valence-corrected chi connectivity index (χ2v) is 8.26. The molecule has 0 aliphatic heterocycles. The summed E-state index contributed by atoms with van der Waals surface area (Å²) in [6.45, 7) is 5.60. The van der Waals surface area contributed by atoms with Crippen LogP contribution in [0, 0.1) is 5.92 Å². The van der Waals surface area contributed by atoms with Gasteiger partial charge in [0.2, 0.25) is 11.8 Å². The van der Waals surface area contributed by atoms with Gasteiger partial charge in [-0.25, -0.2) is 4.79 Å². The molecule has 0 aliphatic rings. The smallest absolute Gasteiger partial charge is 0.326 e.